The molecule has 1 fully saturated rings. The first-order valence-electron chi connectivity index (χ1n) is 10.3. The number of nitrogens with one attached hydrogen (secondary N) is 2. The second-order valence-electron chi connectivity index (χ2n) is 7.22. The minimum absolute atomic E-state index is 0.142. The van der Waals surface area contributed by atoms with Crippen LogP contribution in [0.5, 0.6) is 0 Å². The number of aliphatic hydroxyl groups excluding tert-OH is 1. The SMILES string of the molecule is COCCNC(=O)C1=C(OCc2ccccc2)C(O)C(Br)=C(COC2CCCCO2)N1. The van der Waals surface area contributed by atoms with Gasteiger partial charge < -0.3 is 34.7 Å². The van der Waals surface area contributed by atoms with Gasteiger partial charge in [0.2, 0.25) is 0 Å². The molecule has 2 aliphatic rings. The molecule has 170 valence electrons. The van der Waals surface area contributed by atoms with Gasteiger partial charge in [0.1, 0.15) is 18.4 Å². The highest BCUT2D eigenvalue weighted by Gasteiger charge is 2.33. The van der Waals surface area contributed by atoms with Crippen molar-refractivity contribution in [2.75, 3.05) is 33.5 Å². The molecule has 2 heterocycles. The van der Waals surface area contributed by atoms with Gasteiger partial charge in [0.15, 0.2) is 12.0 Å². The predicted octanol–water partition coefficient (Wildman–Crippen LogP) is 2.29. The maximum Gasteiger partial charge on any atom is 0.271 e. The van der Waals surface area contributed by atoms with Gasteiger partial charge in [-0.3, -0.25) is 4.79 Å². The van der Waals surface area contributed by atoms with E-state index in [0.29, 0.717) is 29.9 Å². The highest BCUT2D eigenvalue weighted by atomic mass is 79.9. The van der Waals surface area contributed by atoms with E-state index in [1.54, 1.807) is 7.11 Å². The Bertz CT molecular complexity index is 792. The zero-order valence-corrected chi connectivity index (χ0v) is 19.2. The number of rotatable bonds is 10. The van der Waals surface area contributed by atoms with Crippen LogP contribution in [0.3, 0.4) is 0 Å². The molecule has 1 aromatic carbocycles. The second kappa shape index (κ2) is 12.2. The van der Waals surface area contributed by atoms with Gasteiger partial charge in [0, 0.05) is 20.3 Å². The number of carbonyl (C=O) groups is 1. The average Bonchev–Trinajstić information content (AvgIpc) is 2.80. The van der Waals surface area contributed by atoms with E-state index in [4.69, 9.17) is 18.9 Å². The van der Waals surface area contributed by atoms with Gasteiger partial charge in [-0.2, -0.15) is 0 Å². The lowest BCUT2D eigenvalue weighted by Gasteiger charge is -2.30. The molecule has 2 unspecified atom stereocenters. The Morgan fingerprint density at radius 1 is 1.29 bits per heavy atom. The second-order valence-corrected chi connectivity index (χ2v) is 8.08. The van der Waals surface area contributed by atoms with Crippen molar-refractivity contribution in [2.45, 2.75) is 38.3 Å². The number of hydrogen-bond acceptors (Lipinski definition) is 7. The molecule has 0 spiro atoms. The summed E-state index contributed by atoms with van der Waals surface area (Å²) in [5, 5.41) is 16.7. The molecule has 2 aliphatic heterocycles. The van der Waals surface area contributed by atoms with Crippen LogP contribution in [0.4, 0.5) is 0 Å². The fraction of sp³-hybridized carbons (Fsp3) is 0.500. The fourth-order valence-electron chi connectivity index (χ4n) is 3.22. The van der Waals surface area contributed by atoms with Crippen LogP contribution in [0, 0.1) is 0 Å². The van der Waals surface area contributed by atoms with E-state index in [1.807, 2.05) is 30.3 Å². The first-order valence-corrected chi connectivity index (χ1v) is 11.1. The lowest BCUT2D eigenvalue weighted by Crippen LogP contribution is -2.41. The maximum atomic E-state index is 12.8. The van der Waals surface area contributed by atoms with Crippen molar-refractivity contribution >= 4 is 21.8 Å². The van der Waals surface area contributed by atoms with Gasteiger partial charge >= 0.3 is 0 Å². The van der Waals surface area contributed by atoms with Crippen molar-refractivity contribution in [1.29, 1.82) is 0 Å². The van der Waals surface area contributed by atoms with Crippen LogP contribution < -0.4 is 10.6 Å². The normalized spacial score (nSPS) is 21.6. The Hall–Kier alpha value is -1.91. The molecule has 9 heteroatoms. The number of halogens is 1. The summed E-state index contributed by atoms with van der Waals surface area (Å²) in [4.78, 5) is 12.8. The number of benzene rings is 1. The molecular weight excluding hydrogens is 468 g/mol. The van der Waals surface area contributed by atoms with Gasteiger partial charge in [0.05, 0.1) is 23.4 Å². The highest BCUT2D eigenvalue weighted by Crippen LogP contribution is 2.30. The molecule has 0 saturated carbocycles. The smallest absolute Gasteiger partial charge is 0.271 e. The van der Waals surface area contributed by atoms with Gasteiger partial charge in [-0.25, -0.2) is 0 Å². The van der Waals surface area contributed by atoms with Crippen molar-refractivity contribution < 1.29 is 28.8 Å². The minimum atomic E-state index is -1.14. The van der Waals surface area contributed by atoms with Gasteiger partial charge in [0.25, 0.3) is 5.91 Å². The van der Waals surface area contributed by atoms with E-state index in [0.717, 1.165) is 24.8 Å². The molecule has 31 heavy (non-hydrogen) atoms. The number of methoxy groups -OCH3 is 1. The topological polar surface area (TPSA) is 98.3 Å². The van der Waals surface area contributed by atoms with Crippen LogP contribution in [0.2, 0.25) is 0 Å². The molecule has 0 aliphatic carbocycles. The van der Waals surface area contributed by atoms with E-state index in [-0.39, 0.29) is 31.0 Å². The highest BCUT2D eigenvalue weighted by molar-refractivity contribution is 9.11. The summed E-state index contributed by atoms with van der Waals surface area (Å²) in [5.41, 5.74) is 1.61. The zero-order valence-electron chi connectivity index (χ0n) is 17.6. The monoisotopic (exact) mass is 496 g/mol. The summed E-state index contributed by atoms with van der Waals surface area (Å²) in [6.45, 7) is 1.74. The molecule has 1 saturated heterocycles. The maximum absolute atomic E-state index is 12.8. The third-order valence-electron chi connectivity index (χ3n) is 4.91. The molecule has 3 rings (SSSR count). The van der Waals surface area contributed by atoms with E-state index < -0.39 is 12.0 Å². The van der Waals surface area contributed by atoms with Crippen molar-refractivity contribution in [1.82, 2.24) is 10.6 Å². The predicted molar refractivity (Wildman–Crippen MR) is 118 cm³/mol. The van der Waals surface area contributed by atoms with Crippen LogP contribution in [-0.2, 0) is 30.3 Å². The number of ether oxygens (including phenoxy) is 4. The van der Waals surface area contributed by atoms with Crippen molar-refractivity contribution in [2.24, 2.45) is 0 Å². The molecule has 1 aromatic rings. The van der Waals surface area contributed by atoms with Crippen LogP contribution in [0.15, 0.2) is 52.0 Å². The van der Waals surface area contributed by atoms with E-state index in [1.165, 1.54) is 0 Å². The molecule has 0 bridgehead atoms. The summed E-state index contributed by atoms with van der Waals surface area (Å²) in [5.74, 6) is -0.256. The Balaban J connectivity index is 1.73. The zero-order chi connectivity index (χ0) is 22.1. The standard InChI is InChI=1S/C22H29BrN2O6/c1-28-12-10-24-22(27)19-21(31-13-15-7-3-2-4-8-15)20(26)18(23)16(25-19)14-30-17-9-5-6-11-29-17/h2-4,7-8,17,20,25-26H,5-6,9-14H2,1H3,(H,24,27). The molecule has 8 nitrogen and oxygen atoms in total. The Morgan fingerprint density at radius 3 is 2.81 bits per heavy atom. The van der Waals surface area contributed by atoms with Crippen LogP contribution in [0.1, 0.15) is 24.8 Å². The van der Waals surface area contributed by atoms with E-state index >= 15 is 0 Å². The summed E-state index contributed by atoms with van der Waals surface area (Å²) >= 11 is 3.43. The van der Waals surface area contributed by atoms with Gasteiger partial charge in [-0.05, 0) is 24.8 Å². The number of aliphatic hydroxyl groups is 1. The fourth-order valence-corrected chi connectivity index (χ4v) is 3.64. The quantitative estimate of drug-likeness (QED) is 0.427. The number of dihydropyridines is 1. The molecule has 2 atom stereocenters. The van der Waals surface area contributed by atoms with Crippen LogP contribution in [0.25, 0.3) is 0 Å². The third kappa shape index (κ3) is 6.78. The Kier molecular flexibility index (Phi) is 9.35. The lowest BCUT2D eigenvalue weighted by atomic mass is 10.1. The van der Waals surface area contributed by atoms with Crippen LogP contribution >= 0.6 is 15.9 Å². The van der Waals surface area contributed by atoms with Crippen molar-refractivity contribution in [3.8, 4) is 0 Å². The van der Waals surface area contributed by atoms with E-state index in [2.05, 4.69) is 26.6 Å². The largest absolute Gasteiger partial charge is 0.488 e. The number of amides is 1. The summed E-state index contributed by atoms with van der Waals surface area (Å²) < 4.78 is 22.8. The van der Waals surface area contributed by atoms with Crippen molar-refractivity contribution in [3.05, 3.63) is 57.5 Å². The first-order chi connectivity index (χ1) is 15.1. The molecule has 3 N–H and O–H groups in total. The summed E-state index contributed by atoms with van der Waals surface area (Å²) in [6.07, 6.45) is 1.46. The third-order valence-corrected chi connectivity index (χ3v) is 5.82. The molecule has 0 radical (unpaired) electrons. The number of carbonyl (C=O) groups excluding carboxylic acids is 1. The van der Waals surface area contributed by atoms with Gasteiger partial charge in [-0.15, -0.1) is 0 Å². The minimum Gasteiger partial charge on any atom is -0.488 e. The average molecular weight is 497 g/mol. The van der Waals surface area contributed by atoms with E-state index in [9.17, 15) is 9.90 Å². The summed E-state index contributed by atoms with van der Waals surface area (Å²) in [7, 11) is 1.56. The first kappa shape index (κ1) is 23.7. The Morgan fingerprint density at radius 2 is 2.10 bits per heavy atom. The van der Waals surface area contributed by atoms with Crippen molar-refractivity contribution in [3.63, 3.8) is 0 Å². The molecular formula is C22H29BrN2O6. The van der Waals surface area contributed by atoms with Gasteiger partial charge in [-0.1, -0.05) is 46.3 Å². The Labute approximate surface area is 190 Å². The van der Waals surface area contributed by atoms with Crippen LogP contribution in [-0.4, -0.2) is 56.9 Å². The molecule has 1 amide bonds. The lowest BCUT2D eigenvalue weighted by molar-refractivity contribution is -0.157. The molecule has 0 aromatic heterocycles. The summed E-state index contributed by atoms with van der Waals surface area (Å²) in [6, 6.07) is 9.54. The number of hydrogen-bond donors (Lipinski definition) is 3.